The molecule has 0 unspecified atom stereocenters. The lowest BCUT2D eigenvalue weighted by atomic mass is 9.87. The normalized spacial score (nSPS) is 18.4. The molecule has 10 bridgehead atoms. The third-order valence-electron chi connectivity index (χ3n) is 15.0. The van der Waals surface area contributed by atoms with Crippen LogP contribution in [0.25, 0.3) is 43.4 Å². The molecule has 32 heteroatoms. The molecule has 1 saturated carbocycles. The zero-order valence-electron chi connectivity index (χ0n) is 50.1. The first-order valence-corrected chi connectivity index (χ1v) is 34.3. The van der Waals surface area contributed by atoms with E-state index >= 15 is 0 Å². The number of aliphatic carboxylic acids is 2. The molecule has 0 radical (unpaired) electrons. The van der Waals surface area contributed by atoms with E-state index in [1.165, 1.54) is 53.1 Å². The summed E-state index contributed by atoms with van der Waals surface area (Å²) >= 11 is 7.01. The standard InChI is InChI=1S/C60H63N13O13S6/c1-28(2)44-58-72-47(39(92-58)23-85-5)51(80)62-22-42(75)69-48(49(78)30-11-7-6-8-12-30)57-67-38(26-89-57)55-65-36(24-88-55)46-33(53-66-37(25-87-53)50(79)64-35(21-41(74)61-4)56-71-45(29(3)91-56)52(81)70-44)18-19-34(63-46)54-68-40(27-90-54)73(20-10-9-13-43(76)77)60(84)86-32-16-14-31(15-17-32)59(82)83/h6-8,11-12,18-19,24-28,31-32,35,44,48-49,78H,9-10,13-17,20-23H2,1-5H3,(H,61,74)(H,62,80)(H,64,79)(H,69,75)(H,70,81)(H,76,77)(H,82,83)/t31-,32-,35-,44-,48-,49-/m0/s1. The number of fused-ring (bicyclic) bond motifs is 14. The number of aliphatic hydroxyl groups is 1. The van der Waals surface area contributed by atoms with E-state index in [1.54, 1.807) is 70.9 Å². The quantitative estimate of drug-likeness (QED) is 0.0418. The number of hydrogen-bond donors (Lipinski definition) is 8. The maximum Gasteiger partial charge on any atom is 0.415 e. The zero-order valence-corrected chi connectivity index (χ0v) is 55.0. The Balaban J connectivity index is 1.03. The third kappa shape index (κ3) is 15.7. The molecule has 482 valence electrons. The summed E-state index contributed by atoms with van der Waals surface area (Å²) in [6.07, 6.45) is -0.911. The number of nitrogens with one attached hydrogen (secondary N) is 5. The lowest BCUT2D eigenvalue weighted by Crippen LogP contribution is -2.40. The highest BCUT2D eigenvalue weighted by Crippen LogP contribution is 2.41. The van der Waals surface area contributed by atoms with Crippen LogP contribution in [0.3, 0.4) is 0 Å². The van der Waals surface area contributed by atoms with Crippen LogP contribution >= 0.6 is 68.0 Å². The number of hydrogen-bond acceptors (Lipinski definition) is 24. The summed E-state index contributed by atoms with van der Waals surface area (Å²) in [6.45, 7) is 4.96. The molecule has 1 aliphatic heterocycles. The van der Waals surface area contributed by atoms with Gasteiger partial charge in [-0.2, -0.15) is 0 Å². The van der Waals surface area contributed by atoms with Crippen molar-refractivity contribution in [2.45, 2.75) is 109 Å². The number of methoxy groups -OCH3 is 1. The fourth-order valence-corrected chi connectivity index (χ4v) is 15.7. The second-order valence-electron chi connectivity index (χ2n) is 21.8. The molecule has 0 saturated heterocycles. The highest BCUT2D eigenvalue weighted by Gasteiger charge is 2.35. The third-order valence-corrected chi connectivity index (χ3v) is 20.8. The largest absolute Gasteiger partial charge is 0.481 e. The van der Waals surface area contributed by atoms with Gasteiger partial charge in [0.25, 0.3) is 17.7 Å². The lowest BCUT2D eigenvalue weighted by Gasteiger charge is -2.28. The molecule has 8 heterocycles. The summed E-state index contributed by atoms with van der Waals surface area (Å²) in [5.41, 5.74) is 2.35. The van der Waals surface area contributed by atoms with E-state index < -0.39 is 90.4 Å². The van der Waals surface area contributed by atoms with Crippen LogP contribution in [0.4, 0.5) is 10.6 Å². The fraction of sp³-hybridized carbons (Fsp3) is 0.383. The Labute approximate surface area is 550 Å². The van der Waals surface area contributed by atoms with Gasteiger partial charge in [0.05, 0.1) is 48.1 Å². The molecule has 8 aromatic rings. The van der Waals surface area contributed by atoms with Crippen LogP contribution in [-0.4, -0.2) is 131 Å². The number of carboxylic acid groups (broad SMARTS) is 2. The van der Waals surface area contributed by atoms with Gasteiger partial charge in [0.15, 0.2) is 0 Å². The summed E-state index contributed by atoms with van der Waals surface area (Å²) in [5, 5.41) is 53.8. The van der Waals surface area contributed by atoms with Crippen molar-refractivity contribution in [3.05, 3.63) is 111 Å². The molecule has 7 aromatic heterocycles. The van der Waals surface area contributed by atoms with Gasteiger partial charge in [-0.15, -0.1) is 68.0 Å². The predicted octanol–water partition coefficient (Wildman–Crippen LogP) is 9.15. The number of carbonyl (C=O) groups is 8. The van der Waals surface area contributed by atoms with Gasteiger partial charge >= 0.3 is 18.0 Å². The molecule has 8 N–H and O–H groups in total. The second kappa shape index (κ2) is 29.9. The molecule has 92 heavy (non-hydrogen) atoms. The number of unbranched alkanes of at least 4 members (excludes halogenated alkanes) is 1. The van der Waals surface area contributed by atoms with Gasteiger partial charge in [0, 0.05) is 59.1 Å². The number of aliphatic hydroxyl groups excluding tert-OH is 1. The molecular weight excluding hydrogens is 1300 g/mol. The van der Waals surface area contributed by atoms with Gasteiger partial charge < -0.3 is 51.4 Å². The number of aryl methyl sites for hydroxylation is 1. The molecule has 0 spiro atoms. The van der Waals surface area contributed by atoms with E-state index in [-0.39, 0.29) is 66.2 Å². The van der Waals surface area contributed by atoms with E-state index in [1.807, 2.05) is 13.8 Å². The summed E-state index contributed by atoms with van der Waals surface area (Å²) in [5.74, 6) is -5.45. The molecule has 1 aromatic carbocycles. The topological polar surface area (TPSA) is 369 Å². The minimum Gasteiger partial charge on any atom is -0.481 e. The number of carboxylic acids is 2. The number of nitrogens with zero attached hydrogens (tertiary/aromatic N) is 8. The molecule has 4 atom stereocenters. The van der Waals surface area contributed by atoms with Gasteiger partial charge in [-0.25, -0.2) is 39.7 Å². The minimum absolute atomic E-state index is 0.00983. The van der Waals surface area contributed by atoms with Crippen molar-refractivity contribution in [3.63, 3.8) is 0 Å². The van der Waals surface area contributed by atoms with E-state index in [9.17, 15) is 53.7 Å². The fourth-order valence-electron chi connectivity index (χ4n) is 10.2. The van der Waals surface area contributed by atoms with E-state index in [0.717, 1.165) is 34.0 Å². The first kappa shape index (κ1) is 66.5. The molecule has 26 nitrogen and oxygen atoms in total. The van der Waals surface area contributed by atoms with Crippen LogP contribution in [0, 0.1) is 18.8 Å². The number of benzene rings is 1. The van der Waals surface area contributed by atoms with Crippen molar-refractivity contribution in [3.8, 4) is 43.4 Å². The van der Waals surface area contributed by atoms with Gasteiger partial charge in [-0.05, 0) is 69.1 Å². The summed E-state index contributed by atoms with van der Waals surface area (Å²) in [4.78, 5) is 143. The Hall–Kier alpha value is -8.37. The Bertz CT molecular complexity index is 4020. The first-order chi connectivity index (χ1) is 44.2. The van der Waals surface area contributed by atoms with Crippen molar-refractivity contribution < 1.29 is 63.1 Å². The average molecular weight is 1370 g/mol. The molecule has 10 rings (SSSR count). The van der Waals surface area contributed by atoms with Crippen LogP contribution in [0.5, 0.6) is 0 Å². The number of aromatic nitrogens is 7. The monoisotopic (exact) mass is 1370 g/mol. The maximum atomic E-state index is 14.4. The van der Waals surface area contributed by atoms with Crippen molar-refractivity contribution in [2.24, 2.45) is 11.8 Å². The van der Waals surface area contributed by atoms with Crippen molar-refractivity contribution in [2.75, 3.05) is 32.1 Å². The van der Waals surface area contributed by atoms with Crippen molar-refractivity contribution in [1.29, 1.82) is 0 Å². The molecule has 1 fully saturated rings. The molecule has 2 aliphatic rings. The average Bonchev–Trinajstić information content (AvgIpc) is 1.62. The number of amides is 6. The van der Waals surface area contributed by atoms with Crippen LogP contribution < -0.4 is 31.5 Å². The summed E-state index contributed by atoms with van der Waals surface area (Å²) < 4.78 is 11.4. The molecule has 6 amide bonds. The number of thiazole rings is 6. The highest BCUT2D eigenvalue weighted by atomic mass is 32.1. The Morgan fingerprint density at radius 2 is 1.40 bits per heavy atom. The summed E-state index contributed by atoms with van der Waals surface area (Å²) in [7, 11) is 2.92. The predicted molar refractivity (Wildman–Crippen MR) is 346 cm³/mol. The van der Waals surface area contributed by atoms with Crippen LogP contribution in [0.2, 0.25) is 0 Å². The second-order valence-corrected chi connectivity index (χ2v) is 27.7. The number of ether oxygens (including phenoxy) is 2. The van der Waals surface area contributed by atoms with E-state index in [0.29, 0.717) is 101 Å². The maximum absolute atomic E-state index is 14.4. The van der Waals surface area contributed by atoms with Gasteiger partial charge in [0.2, 0.25) is 11.8 Å². The van der Waals surface area contributed by atoms with Gasteiger partial charge in [-0.1, -0.05) is 44.2 Å². The van der Waals surface area contributed by atoms with Crippen molar-refractivity contribution in [1.82, 2.24) is 61.5 Å². The van der Waals surface area contributed by atoms with Crippen LogP contribution in [-0.2, 0) is 35.3 Å². The van der Waals surface area contributed by atoms with Crippen molar-refractivity contribution >= 4 is 121 Å². The number of anilines is 1. The Morgan fingerprint density at radius 1 is 0.696 bits per heavy atom. The van der Waals surface area contributed by atoms with E-state index in [4.69, 9.17) is 44.4 Å². The van der Waals surface area contributed by atoms with Crippen LogP contribution in [0.1, 0.15) is 151 Å². The number of rotatable bonds is 16. The SMILES string of the molecule is CNC(=O)C[C@@H]1NC(=O)c2csc(n2)-c2ccc(-c3nc(N(CCCCC(=O)O)C(=O)O[C@H]4CC[C@H](C(=O)O)CC4)cs3)nc2-c2csc(n2)-c2csc(n2)[C@H]([C@@H](O)c2ccccc2)NC(=O)CNC(=O)c2nc(sc2COC)[C@H](C(C)C)NC(=O)c2nc1sc2C. The summed E-state index contributed by atoms with van der Waals surface area (Å²) in [6, 6.07) is 9.27. The van der Waals surface area contributed by atoms with Gasteiger partial charge in [0.1, 0.15) is 88.3 Å². The zero-order chi connectivity index (χ0) is 65.3. The molecular formula is C60H63N13O13S6. The Kier molecular flexibility index (Phi) is 21.7. The Morgan fingerprint density at radius 3 is 2.13 bits per heavy atom. The van der Waals surface area contributed by atoms with Gasteiger partial charge in [-0.3, -0.25) is 38.5 Å². The number of pyridine rings is 1. The number of carbonyl (C=O) groups excluding carboxylic acids is 6. The van der Waals surface area contributed by atoms with E-state index in [2.05, 4.69) is 26.6 Å². The first-order valence-electron chi connectivity index (χ1n) is 29.1. The minimum atomic E-state index is -1.31. The highest BCUT2D eigenvalue weighted by molar-refractivity contribution is 7.15. The lowest BCUT2D eigenvalue weighted by molar-refractivity contribution is -0.143. The van der Waals surface area contributed by atoms with Crippen LogP contribution in [0.15, 0.2) is 64.0 Å². The molecule has 1 aliphatic carbocycles. The smallest absolute Gasteiger partial charge is 0.415 e.